The van der Waals surface area contributed by atoms with Gasteiger partial charge in [0.25, 0.3) is 0 Å². The molecule has 5 nitrogen and oxygen atoms in total. The van der Waals surface area contributed by atoms with E-state index in [1.807, 2.05) is 91.0 Å². The predicted molar refractivity (Wildman–Crippen MR) is 130 cm³/mol. The van der Waals surface area contributed by atoms with Crippen molar-refractivity contribution in [3.63, 3.8) is 0 Å². The van der Waals surface area contributed by atoms with E-state index in [2.05, 4.69) is 15.9 Å². The minimum absolute atomic E-state index is 0.335. The first-order valence-electron chi connectivity index (χ1n) is 11.1. The summed E-state index contributed by atoms with van der Waals surface area (Å²) in [5, 5.41) is 11.3. The van der Waals surface area contributed by atoms with E-state index in [9.17, 15) is 5.11 Å². The molecular formula is C27H29BrO5. The maximum Gasteiger partial charge on any atom is 0.184 e. The van der Waals surface area contributed by atoms with E-state index in [0.717, 1.165) is 16.7 Å². The molecule has 3 aromatic rings. The first-order valence-corrected chi connectivity index (χ1v) is 12.2. The molecule has 5 atom stereocenters. The average molecular weight is 513 g/mol. The first-order chi connectivity index (χ1) is 16.2. The molecule has 1 aliphatic rings. The Balaban J connectivity index is 1.53. The molecule has 174 valence electrons. The van der Waals surface area contributed by atoms with Gasteiger partial charge in [-0.1, -0.05) is 107 Å². The maximum atomic E-state index is 10.8. The second-order valence-corrected chi connectivity index (χ2v) is 8.65. The number of alkyl halides is 1. The highest BCUT2D eigenvalue weighted by Gasteiger charge is 2.47. The summed E-state index contributed by atoms with van der Waals surface area (Å²) in [6.45, 7) is 1.12. The average Bonchev–Trinajstić information content (AvgIpc) is 2.87. The first kappa shape index (κ1) is 24.1. The molecule has 0 aliphatic carbocycles. The van der Waals surface area contributed by atoms with Crippen LogP contribution in [0, 0.1) is 0 Å². The summed E-state index contributed by atoms with van der Waals surface area (Å²) in [6, 6.07) is 29.8. The zero-order chi connectivity index (χ0) is 22.9. The van der Waals surface area contributed by atoms with E-state index in [0.29, 0.717) is 25.2 Å². The summed E-state index contributed by atoms with van der Waals surface area (Å²) in [6.07, 6.45) is -3.18. The second-order valence-electron chi connectivity index (χ2n) is 8.00. The van der Waals surface area contributed by atoms with Crippen LogP contribution >= 0.6 is 15.9 Å². The lowest BCUT2D eigenvalue weighted by Crippen LogP contribution is -2.60. The second kappa shape index (κ2) is 12.4. The van der Waals surface area contributed by atoms with Crippen molar-refractivity contribution in [1.82, 2.24) is 0 Å². The van der Waals surface area contributed by atoms with E-state index in [1.54, 1.807) is 0 Å². The summed E-state index contributed by atoms with van der Waals surface area (Å²) >= 11 is 3.51. The fourth-order valence-electron chi connectivity index (χ4n) is 3.89. The molecule has 1 unspecified atom stereocenters. The van der Waals surface area contributed by atoms with Crippen LogP contribution in [-0.2, 0) is 38.8 Å². The topological polar surface area (TPSA) is 57.2 Å². The molecule has 3 aromatic carbocycles. The number of rotatable bonds is 10. The van der Waals surface area contributed by atoms with Gasteiger partial charge in [0.15, 0.2) is 6.29 Å². The van der Waals surface area contributed by atoms with Gasteiger partial charge in [-0.15, -0.1) is 0 Å². The third-order valence-corrected chi connectivity index (χ3v) is 6.26. The van der Waals surface area contributed by atoms with Gasteiger partial charge in [0.2, 0.25) is 0 Å². The van der Waals surface area contributed by atoms with Gasteiger partial charge in [-0.2, -0.15) is 0 Å². The molecule has 0 bridgehead atoms. The predicted octanol–water partition coefficient (Wildman–Crippen LogP) is 4.85. The smallest absolute Gasteiger partial charge is 0.184 e. The lowest BCUT2D eigenvalue weighted by atomic mass is 9.98. The van der Waals surface area contributed by atoms with E-state index in [1.165, 1.54) is 0 Å². The van der Waals surface area contributed by atoms with Crippen LogP contribution in [0.25, 0.3) is 0 Å². The molecule has 1 heterocycles. The van der Waals surface area contributed by atoms with Gasteiger partial charge in [0.1, 0.15) is 18.3 Å². The quantitative estimate of drug-likeness (QED) is 0.393. The van der Waals surface area contributed by atoms with Crippen LogP contribution in [0.15, 0.2) is 91.0 Å². The lowest BCUT2D eigenvalue weighted by Gasteiger charge is -2.44. The number of hydrogen-bond acceptors (Lipinski definition) is 5. The Morgan fingerprint density at radius 1 is 0.606 bits per heavy atom. The Labute approximate surface area is 203 Å². The van der Waals surface area contributed by atoms with Crippen molar-refractivity contribution in [1.29, 1.82) is 0 Å². The number of ether oxygens (including phenoxy) is 4. The van der Waals surface area contributed by atoms with Crippen LogP contribution in [0.3, 0.4) is 0 Å². The fourth-order valence-corrected chi connectivity index (χ4v) is 4.41. The van der Waals surface area contributed by atoms with Crippen LogP contribution in [0.1, 0.15) is 16.7 Å². The highest BCUT2D eigenvalue weighted by atomic mass is 79.9. The van der Waals surface area contributed by atoms with Crippen molar-refractivity contribution >= 4 is 15.9 Å². The van der Waals surface area contributed by atoms with Crippen LogP contribution < -0.4 is 0 Å². The molecule has 1 aliphatic heterocycles. The maximum absolute atomic E-state index is 10.8. The monoisotopic (exact) mass is 512 g/mol. The van der Waals surface area contributed by atoms with Crippen molar-refractivity contribution in [2.75, 3.05) is 5.33 Å². The summed E-state index contributed by atoms with van der Waals surface area (Å²) in [7, 11) is 0. The molecular weight excluding hydrogens is 484 g/mol. The number of hydrogen-bond donors (Lipinski definition) is 1. The Hall–Kier alpha value is -2.06. The molecule has 1 fully saturated rings. The van der Waals surface area contributed by atoms with E-state index in [-0.39, 0.29) is 6.10 Å². The van der Waals surface area contributed by atoms with Gasteiger partial charge in [-0.3, -0.25) is 0 Å². The van der Waals surface area contributed by atoms with Crippen molar-refractivity contribution in [2.24, 2.45) is 0 Å². The highest BCUT2D eigenvalue weighted by molar-refractivity contribution is 9.09. The summed E-state index contributed by atoms with van der Waals surface area (Å²) < 4.78 is 24.8. The van der Waals surface area contributed by atoms with Crippen molar-refractivity contribution < 1.29 is 24.1 Å². The molecule has 1 N–H and O–H groups in total. The zero-order valence-electron chi connectivity index (χ0n) is 18.3. The zero-order valence-corrected chi connectivity index (χ0v) is 19.9. The molecule has 0 spiro atoms. The Kier molecular flexibility index (Phi) is 9.06. The van der Waals surface area contributed by atoms with Gasteiger partial charge >= 0.3 is 0 Å². The standard InChI is InChI=1S/C27H29BrO5/c28-16-23-24(30-17-20-10-4-1-5-11-20)25(31-18-21-12-6-2-7-13-21)26(27(29)33-23)32-19-22-14-8-3-9-15-22/h1-15,23-27,29H,16-19H2/t23-,24-,25+,26-,27?/m1/s1. The van der Waals surface area contributed by atoms with E-state index < -0.39 is 24.6 Å². The van der Waals surface area contributed by atoms with Gasteiger partial charge in [0, 0.05) is 5.33 Å². The van der Waals surface area contributed by atoms with Crippen LogP contribution in [0.4, 0.5) is 0 Å². The van der Waals surface area contributed by atoms with Gasteiger partial charge in [-0.25, -0.2) is 0 Å². The molecule has 0 radical (unpaired) electrons. The molecule has 0 saturated carbocycles. The fraction of sp³-hybridized carbons (Fsp3) is 0.333. The molecule has 33 heavy (non-hydrogen) atoms. The third kappa shape index (κ3) is 6.73. The largest absolute Gasteiger partial charge is 0.368 e. The Bertz CT molecular complexity index is 941. The number of benzene rings is 3. The van der Waals surface area contributed by atoms with Gasteiger partial charge in [0.05, 0.1) is 25.9 Å². The number of aliphatic hydroxyl groups excluding tert-OH is 1. The van der Waals surface area contributed by atoms with Crippen LogP contribution in [0.2, 0.25) is 0 Å². The summed E-state index contributed by atoms with van der Waals surface area (Å²) in [5.41, 5.74) is 3.11. The molecule has 6 heteroatoms. The van der Waals surface area contributed by atoms with Crippen LogP contribution in [0.5, 0.6) is 0 Å². The number of halogens is 1. The number of aliphatic hydroxyl groups is 1. The Morgan fingerprint density at radius 2 is 1.00 bits per heavy atom. The van der Waals surface area contributed by atoms with Gasteiger partial charge in [-0.05, 0) is 16.7 Å². The highest BCUT2D eigenvalue weighted by Crippen LogP contribution is 2.30. The molecule has 0 aromatic heterocycles. The Morgan fingerprint density at radius 3 is 1.42 bits per heavy atom. The molecule has 0 amide bonds. The van der Waals surface area contributed by atoms with Crippen molar-refractivity contribution in [2.45, 2.75) is 50.5 Å². The summed E-state index contributed by atoms with van der Waals surface area (Å²) in [4.78, 5) is 0. The minimum Gasteiger partial charge on any atom is -0.368 e. The van der Waals surface area contributed by atoms with E-state index >= 15 is 0 Å². The minimum atomic E-state index is -1.13. The normalized spacial score (nSPS) is 25.1. The van der Waals surface area contributed by atoms with Crippen molar-refractivity contribution in [3.8, 4) is 0 Å². The third-order valence-electron chi connectivity index (χ3n) is 5.62. The molecule has 1 saturated heterocycles. The van der Waals surface area contributed by atoms with Crippen LogP contribution in [-0.4, -0.2) is 41.1 Å². The summed E-state index contributed by atoms with van der Waals surface area (Å²) in [5.74, 6) is 0. The molecule has 4 rings (SSSR count). The van der Waals surface area contributed by atoms with E-state index in [4.69, 9.17) is 18.9 Å². The van der Waals surface area contributed by atoms with Crippen molar-refractivity contribution in [3.05, 3.63) is 108 Å². The van der Waals surface area contributed by atoms with Gasteiger partial charge < -0.3 is 24.1 Å². The SMILES string of the molecule is OC1O[C@H](CBr)[C@@H](OCc2ccccc2)[C@H](OCc2ccccc2)[C@H]1OCc1ccccc1. The lowest BCUT2D eigenvalue weighted by molar-refractivity contribution is -0.307.